The summed E-state index contributed by atoms with van der Waals surface area (Å²) in [6, 6.07) is 8.66. The van der Waals surface area contributed by atoms with Crippen LogP contribution in [0.5, 0.6) is 0 Å². The first-order chi connectivity index (χ1) is 12.0. The lowest BCUT2D eigenvalue weighted by atomic mass is 9.95. The lowest BCUT2D eigenvalue weighted by Crippen LogP contribution is -2.46. The molecule has 0 spiro atoms. The molecular formula is C19H31N5O. The Balaban J connectivity index is 1.88. The number of hydrogen-bond acceptors (Lipinski definition) is 3. The van der Waals surface area contributed by atoms with E-state index < -0.39 is 0 Å². The molecule has 1 atom stereocenters. The minimum absolute atomic E-state index is 0.215. The summed E-state index contributed by atoms with van der Waals surface area (Å²) in [5.41, 5.74) is 7.89. The van der Waals surface area contributed by atoms with Crippen LogP contribution in [0.25, 0.3) is 0 Å². The van der Waals surface area contributed by atoms with E-state index >= 15 is 0 Å². The van der Waals surface area contributed by atoms with E-state index in [9.17, 15) is 4.79 Å². The predicted molar refractivity (Wildman–Crippen MR) is 102 cm³/mol. The molecule has 0 radical (unpaired) electrons. The molecule has 1 aliphatic rings. The second-order valence-corrected chi connectivity index (χ2v) is 7.08. The summed E-state index contributed by atoms with van der Waals surface area (Å²) in [4.78, 5) is 20.0. The highest BCUT2D eigenvalue weighted by Crippen LogP contribution is 2.19. The minimum Gasteiger partial charge on any atom is -0.370 e. The SMILES string of the molecule is CN=C(NCc1ccc(CN(C)C)cc1)N1CCCC(CC(N)=O)C1. The van der Waals surface area contributed by atoms with Crippen LogP contribution in [0.3, 0.4) is 0 Å². The Morgan fingerprint density at radius 2 is 2.00 bits per heavy atom. The molecule has 1 unspecified atom stereocenters. The number of carbonyl (C=O) groups is 1. The van der Waals surface area contributed by atoms with Crippen molar-refractivity contribution in [3.05, 3.63) is 35.4 Å². The monoisotopic (exact) mass is 345 g/mol. The molecule has 1 aliphatic heterocycles. The molecule has 25 heavy (non-hydrogen) atoms. The van der Waals surface area contributed by atoms with Gasteiger partial charge in [-0.2, -0.15) is 0 Å². The van der Waals surface area contributed by atoms with Crippen molar-refractivity contribution >= 4 is 11.9 Å². The number of hydrogen-bond donors (Lipinski definition) is 2. The van der Waals surface area contributed by atoms with Gasteiger partial charge in [0.1, 0.15) is 0 Å². The first kappa shape index (κ1) is 19.2. The number of benzene rings is 1. The van der Waals surface area contributed by atoms with E-state index in [2.05, 4.69) is 58.5 Å². The number of amides is 1. The van der Waals surface area contributed by atoms with Crippen molar-refractivity contribution in [2.75, 3.05) is 34.2 Å². The van der Waals surface area contributed by atoms with Gasteiger partial charge in [0.05, 0.1) is 0 Å². The lowest BCUT2D eigenvalue weighted by Gasteiger charge is -2.34. The fourth-order valence-corrected chi connectivity index (χ4v) is 3.35. The second-order valence-electron chi connectivity index (χ2n) is 7.08. The van der Waals surface area contributed by atoms with Crippen molar-refractivity contribution in [2.24, 2.45) is 16.6 Å². The van der Waals surface area contributed by atoms with Gasteiger partial charge in [-0.1, -0.05) is 24.3 Å². The molecule has 0 bridgehead atoms. The van der Waals surface area contributed by atoms with Gasteiger partial charge in [-0.15, -0.1) is 0 Å². The molecular weight excluding hydrogens is 314 g/mol. The summed E-state index contributed by atoms with van der Waals surface area (Å²) in [6.07, 6.45) is 2.59. The number of likely N-dealkylation sites (tertiary alicyclic amines) is 1. The highest BCUT2D eigenvalue weighted by Gasteiger charge is 2.23. The normalized spacial score (nSPS) is 18.5. The largest absolute Gasteiger partial charge is 0.370 e. The zero-order valence-corrected chi connectivity index (χ0v) is 15.7. The van der Waals surface area contributed by atoms with Gasteiger partial charge in [0.2, 0.25) is 5.91 Å². The van der Waals surface area contributed by atoms with E-state index in [-0.39, 0.29) is 5.91 Å². The summed E-state index contributed by atoms with van der Waals surface area (Å²) in [5.74, 6) is 1.01. The maximum absolute atomic E-state index is 11.2. The van der Waals surface area contributed by atoms with Gasteiger partial charge in [0, 0.05) is 39.6 Å². The van der Waals surface area contributed by atoms with Crippen LogP contribution in [0.15, 0.2) is 29.3 Å². The van der Waals surface area contributed by atoms with Crippen LogP contribution < -0.4 is 11.1 Å². The van der Waals surface area contributed by atoms with Crippen LogP contribution in [-0.4, -0.2) is 55.9 Å². The maximum atomic E-state index is 11.2. The fraction of sp³-hybridized carbons (Fsp3) is 0.579. The van der Waals surface area contributed by atoms with E-state index in [4.69, 9.17) is 5.73 Å². The number of nitrogens with two attached hydrogens (primary N) is 1. The van der Waals surface area contributed by atoms with E-state index in [1.54, 1.807) is 7.05 Å². The zero-order chi connectivity index (χ0) is 18.2. The second kappa shape index (κ2) is 9.42. The van der Waals surface area contributed by atoms with Crippen molar-refractivity contribution in [3.8, 4) is 0 Å². The Labute approximate surface area is 151 Å². The smallest absolute Gasteiger partial charge is 0.217 e. The Hall–Kier alpha value is -2.08. The summed E-state index contributed by atoms with van der Waals surface area (Å²) in [6.45, 7) is 3.50. The van der Waals surface area contributed by atoms with Crippen molar-refractivity contribution in [3.63, 3.8) is 0 Å². The quantitative estimate of drug-likeness (QED) is 0.604. The van der Waals surface area contributed by atoms with E-state index in [1.165, 1.54) is 11.1 Å². The van der Waals surface area contributed by atoms with E-state index in [0.717, 1.165) is 45.0 Å². The first-order valence-electron chi connectivity index (χ1n) is 8.94. The van der Waals surface area contributed by atoms with Gasteiger partial charge in [-0.05, 0) is 44.0 Å². The Morgan fingerprint density at radius 3 is 2.60 bits per heavy atom. The molecule has 1 amide bonds. The molecule has 0 aliphatic carbocycles. The van der Waals surface area contributed by atoms with Gasteiger partial charge in [-0.3, -0.25) is 9.79 Å². The van der Waals surface area contributed by atoms with E-state index in [1.807, 2.05) is 0 Å². The van der Waals surface area contributed by atoms with Crippen molar-refractivity contribution < 1.29 is 4.79 Å². The number of guanidine groups is 1. The summed E-state index contributed by atoms with van der Waals surface area (Å²) < 4.78 is 0. The molecule has 3 N–H and O–H groups in total. The molecule has 138 valence electrons. The van der Waals surface area contributed by atoms with Gasteiger partial charge < -0.3 is 20.9 Å². The third-order valence-electron chi connectivity index (χ3n) is 4.49. The Kier molecular flexibility index (Phi) is 7.25. The predicted octanol–water partition coefficient (Wildman–Crippen LogP) is 1.41. The van der Waals surface area contributed by atoms with Gasteiger partial charge in [0.25, 0.3) is 0 Å². The Bertz CT molecular complexity index is 582. The zero-order valence-electron chi connectivity index (χ0n) is 15.7. The van der Waals surface area contributed by atoms with Crippen LogP contribution in [-0.2, 0) is 17.9 Å². The molecule has 6 heteroatoms. The number of carbonyl (C=O) groups excluding carboxylic acids is 1. The van der Waals surface area contributed by atoms with Gasteiger partial charge in [-0.25, -0.2) is 0 Å². The van der Waals surface area contributed by atoms with Crippen LogP contribution in [0.1, 0.15) is 30.4 Å². The van der Waals surface area contributed by atoms with Gasteiger partial charge in [0.15, 0.2) is 5.96 Å². The van der Waals surface area contributed by atoms with Crippen molar-refractivity contribution in [1.29, 1.82) is 0 Å². The highest BCUT2D eigenvalue weighted by atomic mass is 16.1. The van der Waals surface area contributed by atoms with Crippen LogP contribution in [0.4, 0.5) is 0 Å². The van der Waals surface area contributed by atoms with Crippen molar-refractivity contribution in [2.45, 2.75) is 32.4 Å². The molecule has 0 aromatic heterocycles. The highest BCUT2D eigenvalue weighted by molar-refractivity contribution is 5.80. The number of primary amides is 1. The average Bonchev–Trinajstić information content (AvgIpc) is 2.56. The number of aliphatic imine (C=N–C) groups is 1. The number of rotatable bonds is 6. The number of nitrogens with one attached hydrogen (secondary N) is 1. The van der Waals surface area contributed by atoms with Crippen LogP contribution >= 0.6 is 0 Å². The van der Waals surface area contributed by atoms with Gasteiger partial charge >= 0.3 is 0 Å². The average molecular weight is 345 g/mol. The molecule has 2 rings (SSSR count). The molecule has 1 saturated heterocycles. The fourth-order valence-electron chi connectivity index (χ4n) is 3.35. The molecule has 1 aromatic carbocycles. The third kappa shape index (κ3) is 6.38. The minimum atomic E-state index is -0.215. The topological polar surface area (TPSA) is 74.0 Å². The standard InChI is InChI=1S/C19H31N5O/c1-21-19(24-10-4-5-17(14-24)11-18(20)25)22-12-15-6-8-16(9-7-15)13-23(2)3/h6-9,17H,4-5,10-14H2,1-3H3,(H2,20,25)(H,21,22). The molecule has 1 fully saturated rings. The Morgan fingerprint density at radius 1 is 1.32 bits per heavy atom. The third-order valence-corrected chi connectivity index (χ3v) is 4.49. The number of piperidine rings is 1. The summed E-state index contributed by atoms with van der Waals surface area (Å²) >= 11 is 0. The molecule has 1 aromatic rings. The van der Waals surface area contributed by atoms with Crippen LogP contribution in [0.2, 0.25) is 0 Å². The van der Waals surface area contributed by atoms with Crippen LogP contribution in [0, 0.1) is 5.92 Å². The lowest BCUT2D eigenvalue weighted by molar-refractivity contribution is -0.119. The molecule has 6 nitrogen and oxygen atoms in total. The van der Waals surface area contributed by atoms with Crippen molar-refractivity contribution in [1.82, 2.24) is 15.1 Å². The summed E-state index contributed by atoms with van der Waals surface area (Å²) in [5, 5.41) is 3.44. The number of nitrogens with zero attached hydrogens (tertiary/aromatic N) is 3. The molecule has 1 heterocycles. The molecule has 0 saturated carbocycles. The summed E-state index contributed by atoms with van der Waals surface area (Å²) in [7, 11) is 5.95. The van der Waals surface area contributed by atoms with E-state index in [0.29, 0.717) is 12.3 Å². The first-order valence-corrected chi connectivity index (χ1v) is 8.94. The maximum Gasteiger partial charge on any atom is 0.217 e.